The highest BCUT2D eigenvalue weighted by molar-refractivity contribution is 6.08. The highest BCUT2D eigenvalue weighted by Gasteiger charge is 2.11. The first kappa shape index (κ1) is 18.6. The molecule has 0 bridgehead atoms. The van der Waals surface area contributed by atoms with Crippen molar-refractivity contribution in [2.45, 2.75) is 19.8 Å². The SMILES string of the molecule is CC(C)c1ccccc1Nc1ncc(C(=O)Nc2cccc3cccnc23)cn1. The highest BCUT2D eigenvalue weighted by atomic mass is 16.1. The Bertz CT molecular complexity index is 1150. The Morgan fingerprint density at radius 3 is 2.38 bits per heavy atom. The van der Waals surface area contributed by atoms with Gasteiger partial charge in [0.15, 0.2) is 0 Å². The second-order valence-electron chi connectivity index (χ2n) is 7.00. The molecule has 0 aliphatic heterocycles. The molecule has 0 fully saturated rings. The van der Waals surface area contributed by atoms with Crippen LogP contribution < -0.4 is 10.6 Å². The third-order valence-corrected chi connectivity index (χ3v) is 4.62. The van der Waals surface area contributed by atoms with Gasteiger partial charge in [-0.25, -0.2) is 9.97 Å². The molecule has 0 aliphatic rings. The summed E-state index contributed by atoms with van der Waals surface area (Å²) in [4.78, 5) is 25.6. The van der Waals surface area contributed by atoms with Crippen molar-refractivity contribution in [1.82, 2.24) is 15.0 Å². The molecule has 0 saturated heterocycles. The zero-order valence-electron chi connectivity index (χ0n) is 16.3. The minimum Gasteiger partial charge on any atom is -0.324 e. The number of hydrogen-bond acceptors (Lipinski definition) is 5. The van der Waals surface area contributed by atoms with Crippen LogP contribution in [0, 0.1) is 0 Å². The molecule has 2 N–H and O–H groups in total. The average Bonchev–Trinajstić information content (AvgIpc) is 2.75. The van der Waals surface area contributed by atoms with Gasteiger partial charge in [0.05, 0.1) is 16.8 Å². The molecule has 144 valence electrons. The summed E-state index contributed by atoms with van der Waals surface area (Å²) in [5.41, 5.74) is 3.91. The first-order chi connectivity index (χ1) is 14.1. The van der Waals surface area contributed by atoms with Crippen LogP contribution in [0.2, 0.25) is 0 Å². The van der Waals surface area contributed by atoms with Gasteiger partial charge in [-0.05, 0) is 29.7 Å². The van der Waals surface area contributed by atoms with Crippen LogP contribution in [0.1, 0.15) is 35.7 Å². The average molecular weight is 383 g/mol. The lowest BCUT2D eigenvalue weighted by Gasteiger charge is -2.13. The largest absolute Gasteiger partial charge is 0.324 e. The van der Waals surface area contributed by atoms with Crippen LogP contribution in [-0.2, 0) is 0 Å². The number of fused-ring (bicyclic) bond motifs is 1. The number of rotatable bonds is 5. The molecule has 0 atom stereocenters. The number of aromatic nitrogens is 3. The van der Waals surface area contributed by atoms with Crippen molar-refractivity contribution in [3.05, 3.63) is 84.3 Å². The summed E-state index contributed by atoms with van der Waals surface area (Å²) >= 11 is 0. The van der Waals surface area contributed by atoms with Gasteiger partial charge < -0.3 is 10.6 Å². The fourth-order valence-corrected chi connectivity index (χ4v) is 3.14. The van der Waals surface area contributed by atoms with Gasteiger partial charge in [0.1, 0.15) is 0 Å². The van der Waals surface area contributed by atoms with Crippen molar-refractivity contribution in [3.8, 4) is 0 Å². The zero-order valence-corrected chi connectivity index (χ0v) is 16.3. The summed E-state index contributed by atoms with van der Waals surface area (Å²) in [6.45, 7) is 4.27. The minimum absolute atomic E-state index is 0.280. The monoisotopic (exact) mass is 383 g/mol. The molecule has 0 unspecified atom stereocenters. The number of anilines is 3. The Morgan fingerprint density at radius 2 is 1.59 bits per heavy atom. The normalized spacial score (nSPS) is 10.9. The molecule has 0 aliphatic carbocycles. The van der Waals surface area contributed by atoms with Crippen molar-refractivity contribution in [3.63, 3.8) is 0 Å². The molecule has 6 nitrogen and oxygen atoms in total. The molecule has 2 aromatic heterocycles. The van der Waals surface area contributed by atoms with Gasteiger partial charge in [-0.15, -0.1) is 0 Å². The first-order valence-corrected chi connectivity index (χ1v) is 9.45. The van der Waals surface area contributed by atoms with Crippen LogP contribution in [0.15, 0.2) is 73.2 Å². The summed E-state index contributed by atoms with van der Waals surface area (Å²) in [6, 6.07) is 17.5. The van der Waals surface area contributed by atoms with Crippen molar-refractivity contribution in [1.29, 1.82) is 0 Å². The van der Waals surface area contributed by atoms with E-state index in [1.807, 2.05) is 48.5 Å². The van der Waals surface area contributed by atoms with Crippen molar-refractivity contribution < 1.29 is 4.79 Å². The number of carbonyl (C=O) groups is 1. The maximum atomic E-state index is 12.6. The standard InChI is InChI=1S/C23H21N5O/c1-15(2)18-9-3-4-10-19(18)28-23-25-13-17(14-26-23)22(29)27-20-11-5-7-16-8-6-12-24-21(16)20/h3-15H,1-2H3,(H,27,29)(H,25,26,28). The molecule has 2 aromatic carbocycles. The summed E-state index contributed by atoms with van der Waals surface area (Å²) < 4.78 is 0. The second-order valence-corrected chi connectivity index (χ2v) is 7.00. The van der Waals surface area contributed by atoms with E-state index in [2.05, 4.69) is 45.5 Å². The molecule has 0 radical (unpaired) electrons. The van der Waals surface area contributed by atoms with Gasteiger partial charge in [-0.1, -0.05) is 50.2 Å². The fourth-order valence-electron chi connectivity index (χ4n) is 3.14. The van der Waals surface area contributed by atoms with E-state index < -0.39 is 0 Å². The second kappa shape index (κ2) is 8.06. The summed E-state index contributed by atoms with van der Waals surface area (Å²) in [5.74, 6) is 0.539. The maximum absolute atomic E-state index is 12.6. The van der Waals surface area contributed by atoms with Crippen LogP contribution >= 0.6 is 0 Å². The predicted octanol–water partition coefficient (Wildman–Crippen LogP) is 5.14. The molecule has 4 rings (SSSR count). The van der Waals surface area contributed by atoms with Crippen LogP contribution in [0.3, 0.4) is 0 Å². The van der Waals surface area contributed by atoms with Crippen LogP contribution in [-0.4, -0.2) is 20.9 Å². The van der Waals surface area contributed by atoms with Crippen LogP contribution in [0.5, 0.6) is 0 Å². The van der Waals surface area contributed by atoms with E-state index in [0.717, 1.165) is 16.6 Å². The molecule has 0 spiro atoms. The lowest BCUT2D eigenvalue weighted by Crippen LogP contribution is -2.13. The van der Waals surface area contributed by atoms with E-state index in [0.29, 0.717) is 23.1 Å². The molecule has 0 saturated carbocycles. The quantitative estimate of drug-likeness (QED) is 0.498. The number of para-hydroxylation sites is 2. The van der Waals surface area contributed by atoms with E-state index in [1.54, 1.807) is 6.20 Å². The summed E-state index contributed by atoms with van der Waals surface area (Å²) in [5, 5.41) is 7.09. The van der Waals surface area contributed by atoms with Gasteiger partial charge in [0.25, 0.3) is 5.91 Å². The van der Waals surface area contributed by atoms with Gasteiger partial charge in [0.2, 0.25) is 5.95 Å². The van der Waals surface area contributed by atoms with Crippen molar-refractivity contribution >= 4 is 34.1 Å². The van der Waals surface area contributed by atoms with E-state index in [4.69, 9.17) is 0 Å². The van der Waals surface area contributed by atoms with E-state index in [9.17, 15) is 4.79 Å². The third kappa shape index (κ3) is 4.06. The number of hydrogen-bond donors (Lipinski definition) is 2. The third-order valence-electron chi connectivity index (χ3n) is 4.62. The Kier molecular flexibility index (Phi) is 5.16. The molecule has 29 heavy (non-hydrogen) atoms. The van der Waals surface area contributed by atoms with Gasteiger partial charge in [-0.2, -0.15) is 0 Å². The molecule has 1 amide bonds. The van der Waals surface area contributed by atoms with E-state index in [1.165, 1.54) is 18.0 Å². The van der Waals surface area contributed by atoms with Crippen LogP contribution in [0.4, 0.5) is 17.3 Å². The maximum Gasteiger partial charge on any atom is 0.258 e. The Balaban J connectivity index is 1.51. The number of benzene rings is 2. The highest BCUT2D eigenvalue weighted by Crippen LogP contribution is 2.25. The van der Waals surface area contributed by atoms with Crippen molar-refractivity contribution in [2.75, 3.05) is 10.6 Å². The first-order valence-electron chi connectivity index (χ1n) is 9.45. The van der Waals surface area contributed by atoms with Crippen molar-refractivity contribution in [2.24, 2.45) is 0 Å². The minimum atomic E-state index is -0.280. The lowest BCUT2D eigenvalue weighted by atomic mass is 10.0. The van der Waals surface area contributed by atoms with Crippen LogP contribution in [0.25, 0.3) is 10.9 Å². The Labute approximate surface area is 169 Å². The van der Waals surface area contributed by atoms with E-state index in [-0.39, 0.29) is 5.91 Å². The van der Waals surface area contributed by atoms with E-state index >= 15 is 0 Å². The molecular formula is C23H21N5O. The number of pyridine rings is 1. The Morgan fingerprint density at radius 1 is 0.862 bits per heavy atom. The number of amides is 1. The molecular weight excluding hydrogens is 362 g/mol. The topological polar surface area (TPSA) is 79.8 Å². The summed E-state index contributed by atoms with van der Waals surface area (Å²) in [6.07, 6.45) is 4.74. The number of nitrogens with zero attached hydrogens (tertiary/aromatic N) is 3. The predicted molar refractivity (Wildman–Crippen MR) is 116 cm³/mol. The molecule has 6 heteroatoms. The smallest absolute Gasteiger partial charge is 0.258 e. The van der Waals surface area contributed by atoms with Gasteiger partial charge >= 0.3 is 0 Å². The van der Waals surface area contributed by atoms with Gasteiger partial charge in [-0.3, -0.25) is 9.78 Å². The molecule has 2 heterocycles. The zero-order chi connectivity index (χ0) is 20.2. The summed E-state index contributed by atoms with van der Waals surface area (Å²) in [7, 11) is 0. The van der Waals surface area contributed by atoms with Gasteiger partial charge in [0, 0.05) is 29.7 Å². The number of carbonyl (C=O) groups excluding carboxylic acids is 1. The Hall–Kier alpha value is -3.80. The molecule has 4 aromatic rings. The number of nitrogens with one attached hydrogen (secondary N) is 2. The fraction of sp³-hybridized carbons (Fsp3) is 0.130. The lowest BCUT2D eigenvalue weighted by molar-refractivity contribution is 0.102.